The number of hydrogen-bond acceptors (Lipinski definition) is 4. The van der Waals surface area contributed by atoms with Crippen molar-refractivity contribution in [3.63, 3.8) is 0 Å². The van der Waals surface area contributed by atoms with Crippen molar-refractivity contribution in [2.45, 2.75) is 25.7 Å². The van der Waals surface area contributed by atoms with Gasteiger partial charge in [0, 0.05) is 26.3 Å². The van der Waals surface area contributed by atoms with Gasteiger partial charge in [0.05, 0.1) is 6.20 Å². The van der Waals surface area contributed by atoms with Gasteiger partial charge in [0.25, 0.3) is 0 Å². The molecule has 0 unspecified atom stereocenters. The van der Waals surface area contributed by atoms with Crippen LogP contribution in [0.25, 0.3) is 0 Å². The van der Waals surface area contributed by atoms with Gasteiger partial charge in [0.2, 0.25) is 0 Å². The number of nitrogens with zero attached hydrogens (tertiary/aromatic N) is 5. The average Bonchev–Trinajstić information content (AvgIpc) is 2.94. The van der Waals surface area contributed by atoms with Crippen LogP contribution in [0.4, 0.5) is 5.82 Å². The van der Waals surface area contributed by atoms with Crippen molar-refractivity contribution in [2.75, 3.05) is 18.0 Å². The van der Waals surface area contributed by atoms with Gasteiger partial charge in [-0.3, -0.25) is 4.68 Å². The molecule has 0 N–H and O–H groups in total. The van der Waals surface area contributed by atoms with Crippen LogP contribution in [0, 0.1) is 18.3 Å². The molecule has 1 aliphatic rings. The number of aryl methyl sites for hydroxylation is 2. The summed E-state index contributed by atoms with van der Waals surface area (Å²) in [5.41, 5.74) is 2.79. The monoisotopic (exact) mass is 281 g/mol. The lowest BCUT2D eigenvalue weighted by molar-refractivity contribution is 0.502. The van der Waals surface area contributed by atoms with E-state index in [1.807, 2.05) is 37.0 Å². The molecule has 3 rings (SSSR count). The molecule has 0 aliphatic carbocycles. The molecule has 1 aliphatic heterocycles. The first-order chi connectivity index (χ1) is 10.2. The van der Waals surface area contributed by atoms with Crippen LogP contribution in [0.3, 0.4) is 0 Å². The van der Waals surface area contributed by atoms with E-state index in [0.717, 1.165) is 37.3 Å². The lowest BCUT2D eigenvalue weighted by atomic mass is 9.91. The maximum Gasteiger partial charge on any atom is 0.145 e. The number of rotatable bonds is 2. The first-order valence-electron chi connectivity index (χ1n) is 7.28. The zero-order valence-corrected chi connectivity index (χ0v) is 12.5. The predicted molar refractivity (Wildman–Crippen MR) is 81.1 cm³/mol. The Bertz CT molecular complexity index is 674. The fraction of sp³-hybridized carbons (Fsp3) is 0.438. The second kappa shape index (κ2) is 5.57. The average molecular weight is 281 g/mol. The largest absolute Gasteiger partial charge is 0.357 e. The van der Waals surface area contributed by atoms with Gasteiger partial charge in [0.15, 0.2) is 0 Å². The Balaban J connectivity index is 1.70. The summed E-state index contributed by atoms with van der Waals surface area (Å²) in [5.74, 6) is 1.50. The SMILES string of the molecule is Cc1ccc(N2CCC(c3cnn(C)c3)CC2)nc1C#N. The summed E-state index contributed by atoms with van der Waals surface area (Å²) in [6.07, 6.45) is 6.28. The van der Waals surface area contributed by atoms with Crippen molar-refractivity contribution in [1.29, 1.82) is 5.26 Å². The number of anilines is 1. The molecule has 5 heteroatoms. The third-order valence-electron chi connectivity index (χ3n) is 4.20. The minimum Gasteiger partial charge on any atom is -0.357 e. The number of nitriles is 1. The van der Waals surface area contributed by atoms with E-state index in [9.17, 15) is 0 Å². The van der Waals surface area contributed by atoms with Crippen LogP contribution in [-0.4, -0.2) is 27.9 Å². The highest BCUT2D eigenvalue weighted by molar-refractivity contribution is 5.45. The van der Waals surface area contributed by atoms with Crippen molar-refractivity contribution in [3.05, 3.63) is 41.3 Å². The predicted octanol–water partition coefficient (Wildman–Crippen LogP) is 2.38. The van der Waals surface area contributed by atoms with E-state index in [2.05, 4.69) is 27.2 Å². The van der Waals surface area contributed by atoms with E-state index in [-0.39, 0.29) is 0 Å². The molecular formula is C16H19N5. The quantitative estimate of drug-likeness (QED) is 0.848. The van der Waals surface area contributed by atoms with Gasteiger partial charge < -0.3 is 4.90 Å². The van der Waals surface area contributed by atoms with Crippen molar-refractivity contribution >= 4 is 5.82 Å². The van der Waals surface area contributed by atoms with E-state index >= 15 is 0 Å². The first-order valence-corrected chi connectivity index (χ1v) is 7.28. The molecule has 2 aromatic heterocycles. The third kappa shape index (κ3) is 2.75. The topological polar surface area (TPSA) is 57.7 Å². The number of pyridine rings is 1. The van der Waals surface area contributed by atoms with E-state index in [0.29, 0.717) is 11.6 Å². The number of hydrogen-bond donors (Lipinski definition) is 0. The molecule has 1 fully saturated rings. The summed E-state index contributed by atoms with van der Waals surface area (Å²) in [6, 6.07) is 6.16. The Labute approximate surface area is 124 Å². The zero-order chi connectivity index (χ0) is 14.8. The standard InChI is InChI=1S/C16H19N5/c1-12-3-4-16(19-15(12)9-17)21-7-5-13(6-8-21)14-10-18-20(2)11-14/h3-4,10-11,13H,5-8H2,1-2H3. The lowest BCUT2D eigenvalue weighted by Gasteiger charge is -2.32. The lowest BCUT2D eigenvalue weighted by Crippen LogP contribution is -2.33. The summed E-state index contributed by atoms with van der Waals surface area (Å²) in [4.78, 5) is 6.74. The van der Waals surface area contributed by atoms with Crippen LogP contribution in [0.15, 0.2) is 24.5 Å². The van der Waals surface area contributed by atoms with Crippen LogP contribution in [0.1, 0.15) is 35.6 Å². The molecule has 21 heavy (non-hydrogen) atoms. The molecule has 1 saturated heterocycles. The van der Waals surface area contributed by atoms with E-state index in [4.69, 9.17) is 5.26 Å². The minimum absolute atomic E-state index is 0.530. The molecule has 0 atom stereocenters. The summed E-state index contributed by atoms with van der Waals surface area (Å²) < 4.78 is 1.86. The molecule has 0 spiro atoms. The summed E-state index contributed by atoms with van der Waals surface area (Å²) in [5, 5.41) is 13.4. The smallest absolute Gasteiger partial charge is 0.145 e. The van der Waals surface area contributed by atoms with Crippen LogP contribution < -0.4 is 4.90 Å². The van der Waals surface area contributed by atoms with Crippen LogP contribution >= 0.6 is 0 Å². The molecule has 0 radical (unpaired) electrons. The first kappa shape index (κ1) is 13.6. The van der Waals surface area contributed by atoms with E-state index < -0.39 is 0 Å². The van der Waals surface area contributed by atoms with Crippen molar-refractivity contribution in [2.24, 2.45) is 7.05 Å². The van der Waals surface area contributed by atoms with E-state index in [1.54, 1.807) is 0 Å². The Morgan fingerprint density at radius 3 is 2.67 bits per heavy atom. The Morgan fingerprint density at radius 1 is 1.29 bits per heavy atom. The Morgan fingerprint density at radius 2 is 2.05 bits per heavy atom. The van der Waals surface area contributed by atoms with Crippen LogP contribution in [0.5, 0.6) is 0 Å². The van der Waals surface area contributed by atoms with Crippen molar-refractivity contribution in [1.82, 2.24) is 14.8 Å². The maximum absolute atomic E-state index is 9.09. The zero-order valence-electron chi connectivity index (χ0n) is 12.5. The van der Waals surface area contributed by atoms with Gasteiger partial charge in [-0.05, 0) is 42.9 Å². The van der Waals surface area contributed by atoms with Gasteiger partial charge in [-0.15, -0.1) is 0 Å². The highest BCUT2D eigenvalue weighted by Gasteiger charge is 2.22. The molecule has 3 heterocycles. The van der Waals surface area contributed by atoms with Crippen LogP contribution in [0.2, 0.25) is 0 Å². The fourth-order valence-electron chi connectivity index (χ4n) is 2.90. The molecular weight excluding hydrogens is 262 g/mol. The third-order valence-corrected chi connectivity index (χ3v) is 4.20. The molecule has 2 aromatic rings. The molecule has 108 valence electrons. The summed E-state index contributed by atoms with van der Waals surface area (Å²) >= 11 is 0. The highest BCUT2D eigenvalue weighted by Crippen LogP contribution is 2.29. The molecule has 0 amide bonds. The second-order valence-electron chi connectivity index (χ2n) is 5.66. The number of aromatic nitrogens is 3. The summed E-state index contributed by atoms with van der Waals surface area (Å²) in [6.45, 7) is 3.87. The summed E-state index contributed by atoms with van der Waals surface area (Å²) in [7, 11) is 1.96. The minimum atomic E-state index is 0.530. The van der Waals surface area contributed by atoms with Gasteiger partial charge in [-0.2, -0.15) is 10.4 Å². The van der Waals surface area contributed by atoms with Crippen molar-refractivity contribution in [3.8, 4) is 6.07 Å². The van der Waals surface area contributed by atoms with Gasteiger partial charge in [-0.25, -0.2) is 4.98 Å². The maximum atomic E-state index is 9.09. The number of piperidine rings is 1. The second-order valence-corrected chi connectivity index (χ2v) is 5.66. The van der Waals surface area contributed by atoms with Gasteiger partial charge >= 0.3 is 0 Å². The fourth-order valence-corrected chi connectivity index (χ4v) is 2.90. The van der Waals surface area contributed by atoms with E-state index in [1.165, 1.54) is 5.56 Å². The van der Waals surface area contributed by atoms with Gasteiger partial charge in [-0.1, -0.05) is 6.07 Å². The van der Waals surface area contributed by atoms with Crippen LogP contribution in [-0.2, 0) is 7.05 Å². The molecule has 0 bridgehead atoms. The molecule has 0 aromatic carbocycles. The highest BCUT2D eigenvalue weighted by atomic mass is 15.2. The Kier molecular flexibility index (Phi) is 3.61. The molecule has 0 saturated carbocycles. The Hall–Kier alpha value is -2.35. The normalized spacial score (nSPS) is 16.0. The van der Waals surface area contributed by atoms with Crippen molar-refractivity contribution < 1.29 is 0 Å². The van der Waals surface area contributed by atoms with Gasteiger partial charge in [0.1, 0.15) is 17.6 Å². The molecule has 5 nitrogen and oxygen atoms in total.